The monoisotopic (exact) mass is 267 g/mol. The fraction of sp³-hybridized carbons (Fsp3) is 1.00. The highest BCUT2D eigenvalue weighted by Gasteiger charge is 2.42. The quantitative estimate of drug-likeness (QED) is 0.270. The maximum absolute atomic E-state index is 9.50. The van der Waals surface area contributed by atoms with E-state index in [1.165, 1.54) is 0 Å². The minimum Gasteiger partial charge on any atom is -0.394 e. The number of aliphatic hydroxyl groups is 3. The van der Waals surface area contributed by atoms with Gasteiger partial charge in [0.1, 0.15) is 23.3 Å². The molecule has 0 aromatic carbocycles. The molecule has 1 fully saturated rings. The largest absolute Gasteiger partial charge is 0.394 e. The zero-order chi connectivity index (χ0) is 10.7. The molecule has 1 heterocycles. The summed E-state index contributed by atoms with van der Waals surface area (Å²) in [5.74, 6) is 0. The van der Waals surface area contributed by atoms with Gasteiger partial charge in [0.15, 0.2) is 0 Å². The predicted molar refractivity (Wildman–Crippen MR) is 49.6 cm³/mol. The van der Waals surface area contributed by atoms with Gasteiger partial charge in [-0.1, -0.05) is 21.0 Å². The van der Waals surface area contributed by atoms with Crippen LogP contribution in [0, 0.1) is 0 Å². The Labute approximate surface area is 88.1 Å². The minimum absolute atomic E-state index is 0.413. The van der Waals surface area contributed by atoms with E-state index in [-0.39, 0.29) is 0 Å². The molecule has 0 bridgehead atoms. The van der Waals surface area contributed by atoms with Crippen LogP contribution in [0.25, 0.3) is 10.4 Å². The highest BCUT2D eigenvalue weighted by atomic mass is 79.9. The van der Waals surface area contributed by atoms with Crippen molar-refractivity contribution in [1.29, 1.82) is 0 Å². The van der Waals surface area contributed by atoms with Crippen molar-refractivity contribution < 1.29 is 20.1 Å². The number of halogens is 1. The maximum Gasteiger partial charge on any atom is 0.124 e. The maximum atomic E-state index is 9.50. The molecule has 7 nitrogen and oxygen atoms in total. The van der Waals surface area contributed by atoms with Crippen molar-refractivity contribution in [1.82, 2.24) is 0 Å². The van der Waals surface area contributed by atoms with E-state index in [2.05, 4.69) is 26.0 Å². The summed E-state index contributed by atoms with van der Waals surface area (Å²) in [6.45, 7) is -0.413. The third kappa shape index (κ3) is 2.17. The smallest absolute Gasteiger partial charge is 0.124 e. The average molecular weight is 268 g/mol. The summed E-state index contributed by atoms with van der Waals surface area (Å²) in [5.41, 5.74) is 8.20. The Morgan fingerprint density at radius 3 is 2.57 bits per heavy atom. The molecular formula is C6H10BrN3O4. The number of aliphatic hydroxyl groups excluding tert-OH is 3. The van der Waals surface area contributed by atoms with E-state index in [0.29, 0.717) is 0 Å². The highest BCUT2D eigenvalue weighted by molar-refractivity contribution is 9.09. The van der Waals surface area contributed by atoms with Crippen LogP contribution in [-0.2, 0) is 4.74 Å². The number of ether oxygens (including phenoxy) is 1. The molecule has 1 rings (SSSR count). The van der Waals surface area contributed by atoms with Crippen molar-refractivity contribution in [3.05, 3.63) is 10.4 Å². The highest BCUT2D eigenvalue weighted by Crippen LogP contribution is 2.26. The molecule has 0 amide bonds. The molecule has 0 aliphatic carbocycles. The van der Waals surface area contributed by atoms with Crippen LogP contribution in [0.15, 0.2) is 5.11 Å². The Hall–Kier alpha value is -0.370. The first-order chi connectivity index (χ1) is 6.61. The Balaban J connectivity index is 2.78. The van der Waals surface area contributed by atoms with E-state index in [4.69, 9.17) is 15.4 Å². The second-order valence-electron chi connectivity index (χ2n) is 2.88. The summed E-state index contributed by atoms with van der Waals surface area (Å²) in [5, 5.41) is 30.3. The summed E-state index contributed by atoms with van der Waals surface area (Å²) in [6, 6.07) is -0.905. The standard InChI is InChI=1S/C6H10BrN3O4/c7-6-3(9-10-8)5(13)4(12)2(1-11)14-6/h2-6,11-13H,1H2/t2-,3-,4-,5-,6+/m1/s1. The second-order valence-corrected chi connectivity index (χ2v) is 3.79. The lowest BCUT2D eigenvalue weighted by Crippen LogP contribution is -2.55. The van der Waals surface area contributed by atoms with Crippen molar-refractivity contribution in [3.63, 3.8) is 0 Å². The van der Waals surface area contributed by atoms with Gasteiger partial charge in [-0.3, -0.25) is 0 Å². The number of hydrogen-bond acceptors (Lipinski definition) is 5. The van der Waals surface area contributed by atoms with Crippen molar-refractivity contribution in [2.45, 2.75) is 29.4 Å². The molecule has 8 heteroatoms. The van der Waals surface area contributed by atoms with E-state index >= 15 is 0 Å². The molecule has 0 spiro atoms. The van der Waals surface area contributed by atoms with Crippen LogP contribution in [0.2, 0.25) is 0 Å². The first-order valence-corrected chi connectivity index (χ1v) is 4.84. The van der Waals surface area contributed by atoms with Gasteiger partial charge in [0.2, 0.25) is 0 Å². The lowest BCUT2D eigenvalue weighted by atomic mass is 9.99. The predicted octanol–water partition coefficient (Wildman–Crippen LogP) is -0.501. The van der Waals surface area contributed by atoms with E-state index in [9.17, 15) is 10.2 Å². The van der Waals surface area contributed by atoms with Crippen LogP contribution >= 0.6 is 15.9 Å². The molecule has 5 atom stereocenters. The van der Waals surface area contributed by atoms with Gasteiger partial charge in [-0.25, -0.2) is 0 Å². The van der Waals surface area contributed by atoms with Crippen LogP contribution in [0.5, 0.6) is 0 Å². The Bertz CT molecular complexity index is 247. The summed E-state index contributed by atoms with van der Waals surface area (Å²) in [7, 11) is 0. The van der Waals surface area contributed by atoms with E-state index in [1.807, 2.05) is 0 Å². The molecule has 14 heavy (non-hydrogen) atoms. The van der Waals surface area contributed by atoms with Gasteiger partial charge in [0.25, 0.3) is 0 Å². The SMILES string of the molecule is [N-]=[N+]=N[C@@H]1[C@@H](O)[C@H](O)[C@@H](CO)O[C@@H]1Br. The molecule has 0 aromatic rings. The normalized spacial score (nSPS) is 43.0. The van der Waals surface area contributed by atoms with E-state index < -0.39 is 36.0 Å². The molecule has 0 radical (unpaired) electrons. The summed E-state index contributed by atoms with van der Waals surface area (Å²) >= 11 is 3.04. The Morgan fingerprint density at radius 1 is 1.43 bits per heavy atom. The van der Waals surface area contributed by atoms with Gasteiger partial charge >= 0.3 is 0 Å². The third-order valence-electron chi connectivity index (χ3n) is 2.02. The molecule has 0 saturated carbocycles. The molecule has 0 unspecified atom stereocenters. The van der Waals surface area contributed by atoms with Gasteiger partial charge in [-0.05, 0) is 5.53 Å². The first kappa shape index (κ1) is 11.7. The zero-order valence-electron chi connectivity index (χ0n) is 7.06. The van der Waals surface area contributed by atoms with Crippen molar-refractivity contribution in [3.8, 4) is 0 Å². The molecule has 1 aliphatic rings. The van der Waals surface area contributed by atoms with E-state index in [1.54, 1.807) is 0 Å². The lowest BCUT2D eigenvalue weighted by molar-refractivity contribution is -0.164. The van der Waals surface area contributed by atoms with Crippen LogP contribution in [0.1, 0.15) is 0 Å². The topological polar surface area (TPSA) is 119 Å². The molecular weight excluding hydrogens is 258 g/mol. The Kier molecular flexibility index (Phi) is 4.11. The zero-order valence-corrected chi connectivity index (χ0v) is 8.65. The molecule has 3 N–H and O–H groups in total. The summed E-state index contributed by atoms with van der Waals surface area (Å²) < 4.78 is 5.08. The fourth-order valence-corrected chi connectivity index (χ4v) is 1.93. The van der Waals surface area contributed by atoms with Gasteiger partial charge in [-0.2, -0.15) is 0 Å². The molecule has 0 aromatic heterocycles. The van der Waals surface area contributed by atoms with Crippen molar-refractivity contribution in [2.24, 2.45) is 5.11 Å². The van der Waals surface area contributed by atoms with Crippen molar-refractivity contribution >= 4 is 15.9 Å². The van der Waals surface area contributed by atoms with Gasteiger partial charge in [-0.15, -0.1) is 0 Å². The first-order valence-electron chi connectivity index (χ1n) is 3.92. The van der Waals surface area contributed by atoms with Crippen LogP contribution in [0.4, 0.5) is 0 Å². The van der Waals surface area contributed by atoms with Crippen LogP contribution < -0.4 is 0 Å². The summed E-state index contributed by atoms with van der Waals surface area (Å²) in [6.07, 6.45) is -3.38. The van der Waals surface area contributed by atoms with Gasteiger partial charge in [0, 0.05) is 4.91 Å². The van der Waals surface area contributed by atoms with Gasteiger partial charge < -0.3 is 20.1 Å². The number of nitrogens with zero attached hydrogens (tertiary/aromatic N) is 3. The van der Waals surface area contributed by atoms with E-state index in [0.717, 1.165) is 0 Å². The third-order valence-corrected chi connectivity index (χ3v) is 2.78. The number of hydrogen-bond donors (Lipinski definition) is 3. The number of azide groups is 1. The summed E-state index contributed by atoms with van der Waals surface area (Å²) in [4.78, 5) is 2.53. The van der Waals surface area contributed by atoms with Crippen LogP contribution in [-0.4, -0.2) is 51.3 Å². The number of rotatable bonds is 2. The number of alkyl halides is 1. The minimum atomic E-state index is -1.26. The molecule has 1 aliphatic heterocycles. The Morgan fingerprint density at radius 2 is 2.07 bits per heavy atom. The van der Waals surface area contributed by atoms with Crippen molar-refractivity contribution in [2.75, 3.05) is 6.61 Å². The molecule has 1 saturated heterocycles. The fourth-order valence-electron chi connectivity index (χ4n) is 1.24. The average Bonchev–Trinajstić information content (AvgIpc) is 2.18. The van der Waals surface area contributed by atoms with Gasteiger partial charge in [0.05, 0.1) is 12.7 Å². The van der Waals surface area contributed by atoms with Crippen LogP contribution in [0.3, 0.4) is 0 Å². The second kappa shape index (κ2) is 4.92. The molecule has 80 valence electrons. The lowest BCUT2D eigenvalue weighted by Gasteiger charge is -2.38.